The average molecular weight is 231 g/mol. The van der Waals surface area contributed by atoms with Crippen molar-refractivity contribution >= 4 is 0 Å². The van der Waals surface area contributed by atoms with Crippen molar-refractivity contribution in [2.75, 3.05) is 14.2 Å². The number of hydrogen-bond donors (Lipinski definition) is 1. The molecular weight excluding hydrogens is 210 g/mol. The van der Waals surface area contributed by atoms with E-state index in [1.165, 1.54) is 43.2 Å². The Labute approximate surface area is 103 Å². The molecule has 2 atom stereocenters. The van der Waals surface area contributed by atoms with Crippen LogP contribution in [0.5, 0.6) is 5.75 Å². The molecule has 1 N–H and O–H groups in total. The molecule has 1 fully saturated rings. The normalized spacial score (nSPS) is 30.8. The molecule has 0 amide bonds. The Morgan fingerprint density at radius 1 is 1.35 bits per heavy atom. The van der Waals surface area contributed by atoms with E-state index in [0.29, 0.717) is 0 Å². The Bertz CT molecular complexity index is 429. The van der Waals surface area contributed by atoms with Gasteiger partial charge in [-0.1, -0.05) is 18.9 Å². The van der Waals surface area contributed by atoms with Crippen LogP contribution < -0.4 is 10.1 Å². The summed E-state index contributed by atoms with van der Waals surface area (Å²) >= 11 is 0. The molecule has 1 saturated carbocycles. The lowest BCUT2D eigenvalue weighted by atomic mass is 9.73. The van der Waals surface area contributed by atoms with E-state index in [1.54, 1.807) is 7.11 Å². The van der Waals surface area contributed by atoms with Gasteiger partial charge in [0.05, 0.1) is 7.11 Å². The third kappa shape index (κ3) is 1.50. The van der Waals surface area contributed by atoms with Gasteiger partial charge < -0.3 is 10.1 Å². The van der Waals surface area contributed by atoms with Gasteiger partial charge in [-0.2, -0.15) is 0 Å². The molecule has 3 rings (SSSR count). The van der Waals surface area contributed by atoms with Crippen LogP contribution >= 0.6 is 0 Å². The van der Waals surface area contributed by atoms with E-state index < -0.39 is 0 Å². The van der Waals surface area contributed by atoms with Gasteiger partial charge in [0.25, 0.3) is 0 Å². The maximum absolute atomic E-state index is 5.38. The number of rotatable bonds is 2. The molecule has 0 aromatic heterocycles. The van der Waals surface area contributed by atoms with E-state index >= 15 is 0 Å². The highest BCUT2D eigenvalue weighted by Crippen LogP contribution is 2.50. The van der Waals surface area contributed by atoms with Gasteiger partial charge in [-0.3, -0.25) is 0 Å². The number of methoxy groups -OCH3 is 1. The van der Waals surface area contributed by atoms with Crippen LogP contribution in [0.25, 0.3) is 0 Å². The predicted octanol–water partition coefficient (Wildman–Crippen LogP) is 2.86. The highest BCUT2D eigenvalue weighted by Gasteiger charge is 2.46. The lowest BCUT2D eigenvalue weighted by Gasteiger charge is -2.40. The summed E-state index contributed by atoms with van der Waals surface area (Å²) in [6.45, 7) is 0. The van der Waals surface area contributed by atoms with Crippen LogP contribution in [-0.2, 0) is 12.0 Å². The minimum absolute atomic E-state index is 0.224. The summed E-state index contributed by atoms with van der Waals surface area (Å²) < 4.78 is 5.38. The molecule has 2 nitrogen and oxygen atoms in total. The first-order valence-corrected chi connectivity index (χ1v) is 6.66. The van der Waals surface area contributed by atoms with E-state index in [4.69, 9.17) is 4.74 Å². The van der Waals surface area contributed by atoms with Gasteiger partial charge in [0.1, 0.15) is 5.75 Å². The van der Waals surface area contributed by atoms with Gasteiger partial charge in [0.15, 0.2) is 0 Å². The molecule has 1 aromatic rings. The van der Waals surface area contributed by atoms with Crippen molar-refractivity contribution in [1.29, 1.82) is 0 Å². The Balaban J connectivity index is 2.09. The highest BCUT2D eigenvalue weighted by molar-refractivity contribution is 5.45. The van der Waals surface area contributed by atoms with Crippen LogP contribution in [0, 0.1) is 5.92 Å². The first kappa shape index (κ1) is 11.1. The summed E-state index contributed by atoms with van der Waals surface area (Å²) in [6, 6.07) is 6.60. The molecule has 0 heterocycles. The van der Waals surface area contributed by atoms with Gasteiger partial charge in [0.2, 0.25) is 0 Å². The molecule has 92 valence electrons. The van der Waals surface area contributed by atoms with Crippen LogP contribution in [0.15, 0.2) is 18.2 Å². The van der Waals surface area contributed by atoms with Crippen molar-refractivity contribution in [3.05, 3.63) is 29.3 Å². The number of nitrogens with one attached hydrogen (secondary N) is 1. The van der Waals surface area contributed by atoms with E-state index in [2.05, 4.69) is 30.6 Å². The smallest absolute Gasteiger partial charge is 0.119 e. The van der Waals surface area contributed by atoms with Crippen molar-refractivity contribution in [3.8, 4) is 5.75 Å². The van der Waals surface area contributed by atoms with E-state index in [0.717, 1.165) is 11.7 Å². The molecule has 0 unspecified atom stereocenters. The topological polar surface area (TPSA) is 21.3 Å². The van der Waals surface area contributed by atoms with E-state index in [1.807, 2.05) is 0 Å². The average Bonchev–Trinajstić information content (AvgIpc) is 2.72. The predicted molar refractivity (Wildman–Crippen MR) is 69.4 cm³/mol. The second kappa shape index (κ2) is 4.02. The van der Waals surface area contributed by atoms with Gasteiger partial charge in [-0.15, -0.1) is 0 Å². The summed E-state index contributed by atoms with van der Waals surface area (Å²) in [6.07, 6.45) is 6.60. The third-order valence-electron chi connectivity index (χ3n) is 4.78. The zero-order valence-corrected chi connectivity index (χ0v) is 10.8. The maximum Gasteiger partial charge on any atom is 0.119 e. The summed E-state index contributed by atoms with van der Waals surface area (Å²) in [4.78, 5) is 0. The molecule has 0 saturated heterocycles. The van der Waals surface area contributed by atoms with Gasteiger partial charge in [-0.25, -0.2) is 0 Å². The van der Waals surface area contributed by atoms with Crippen molar-refractivity contribution in [2.24, 2.45) is 5.92 Å². The first-order valence-electron chi connectivity index (χ1n) is 6.66. The minimum Gasteiger partial charge on any atom is -0.497 e. The number of ether oxygens (including phenoxy) is 1. The van der Waals surface area contributed by atoms with Crippen molar-refractivity contribution in [1.82, 2.24) is 5.32 Å². The van der Waals surface area contributed by atoms with Crippen LogP contribution in [0.3, 0.4) is 0 Å². The zero-order valence-electron chi connectivity index (χ0n) is 10.8. The van der Waals surface area contributed by atoms with Crippen LogP contribution in [-0.4, -0.2) is 14.2 Å². The summed E-state index contributed by atoms with van der Waals surface area (Å²) in [7, 11) is 3.87. The first-order chi connectivity index (χ1) is 8.30. The fraction of sp³-hybridized carbons (Fsp3) is 0.600. The van der Waals surface area contributed by atoms with Gasteiger partial charge in [-0.05, 0) is 55.5 Å². The van der Waals surface area contributed by atoms with Crippen molar-refractivity contribution in [2.45, 2.75) is 37.6 Å². The second-order valence-corrected chi connectivity index (χ2v) is 5.39. The highest BCUT2D eigenvalue weighted by atomic mass is 16.5. The van der Waals surface area contributed by atoms with Crippen molar-refractivity contribution in [3.63, 3.8) is 0 Å². The SMILES string of the molecule is CN[C@@]12CCCC[C@@H]1Cc1ccc(OC)cc12. The number of hydrogen-bond acceptors (Lipinski definition) is 2. The number of fused-ring (bicyclic) bond motifs is 3. The van der Waals surface area contributed by atoms with Crippen molar-refractivity contribution < 1.29 is 4.74 Å². The standard InChI is InChI=1S/C15H21NO/c1-16-15-8-4-3-5-12(15)9-11-6-7-13(17-2)10-14(11)15/h6-7,10,12,16H,3-5,8-9H2,1-2H3/t12-,15+/m1/s1. The second-order valence-electron chi connectivity index (χ2n) is 5.39. The largest absolute Gasteiger partial charge is 0.497 e. The molecule has 0 aliphatic heterocycles. The Hall–Kier alpha value is -1.02. The monoisotopic (exact) mass is 231 g/mol. The molecule has 0 radical (unpaired) electrons. The molecule has 2 aliphatic rings. The van der Waals surface area contributed by atoms with Gasteiger partial charge >= 0.3 is 0 Å². The summed E-state index contributed by atoms with van der Waals surface area (Å²) in [5.74, 6) is 1.77. The fourth-order valence-corrected chi connectivity index (χ4v) is 3.88. The molecular formula is C15H21NO. The minimum atomic E-state index is 0.224. The Morgan fingerprint density at radius 3 is 3.00 bits per heavy atom. The van der Waals surface area contributed by atoms with Crippen LogP contribution in [0.1, 0.15) is 36.8 Å². The molecule has 0 bridgehead atoms. The van der Waals surface area contributed by atoms with Crippen LogP contribution in [0.2, 0.25) is 0 Å². The maximum atomic E-state index is 5.38. The Morgan fingerprint density at radius 2 is 2.24 bits per heavy atom. The molecule has 2 heteroatoms. The molecule has 17 heavy (non-hydrogen) atoms. The summed E-state index contributed by atoms with van der Waals surface area (Å²) in [5.41, 5.74) is 3.23. The fourth-order valence-electron chi connectivity index (χ4n) is 3.88. The molecule has 0 spiro atoms. The molecule has 1 aromatic carbocycles. The number of benzene rings is 1. The van der Waals surface area contributed by atoms with E-state index in [-0.39, 0.29) is 5.54 Å². The quantitative estimate of drug-likeness (QED) is 0.845. The summed E-state index contributed by atoms with van der Waals surface area (Å²) in [5, 5.41) is 3.63. The molecule has 2 aliphatic carbocycles. The lowest BCUT2D eigenvalue weighted by molar-refractivity contribution is 0.171. The van der Waals surface area contributed by atoms with Crippen LogP contribution in [0.4, 0.5) is 0 Å². The third-order valence-corrected chi connectivity index (χ3v) is 4.78. The lowest BCUT2D eigenvalue weighted by Crippen LogP contribution is -2.46. The van der Waals surface area contributed by atoms with Gasteiger partial charge in [0, 0.05) is 5.54 Å². The Kier molecular flexibility index (Phi) is 2.62. The zero-order chi connectivity index (χ0) is 11.9. The van der Waals surface area contributed by atoms with E-state index in [9.17, 15) is 0 Å².